The third-order valence-corrected chi connectivity index (χ3v) is 4.52. The molecule has 0 bridgehead atoms. The van der Waals surface area contributed by atoms with Gasteiger partial charge in [-0.3, -0.25) is 0 Å². The first-order chi connectivity index (χ1) is 7.67. The zero-order valence-electron chi connectivity index (χ0n) is 10.4. The molecule has 1 aromatic rings. The smallest absolute Gasteiger partial charge is 0.0857 e. The van der Waals surface area contributed by atoms with Crippen molar-refractivity contribution in [2.75, 3.05) is 13.2 Å². The first kappa shape index (κ1) is 12.1. The first-order valence-electron chi connectivity index (χ1n) is 6.08. The number of aryl methyl sites for hydroxylation is 1. The van der Waals surface area contributed by atoms with Gasteiger partial charge < -0.3 is 10.1 Å². The Bertz CT molecular complexity index is 341. The second-order valence-corrected chi connectivity index (χ2v) is 5.67. The van der Waals surface area contributed by atoms with Crippen LogP contribution in [0.25, 0.3) is 0 Å². The Morgan fingerprint density at radius 1 is 1.62 bits per heavy atom. The predicted octanol–water partition coefficient (Wildman–Crippen LogP) is 3.28. The molecule has 2 unspecified atom stereocenters. The van der Waals surface area contributed by atoms with Gasteiger partial charge in [0.25, 0.3) is 0 Å². The van der Waals surface area contributed by atoms with Crippen molar-refractivity contribution in [1.82, 2.24) is 5.32 Å². The fourth-order valence-electron chi connectivity index (χ4n) is 2.50. The van der Waals surface area contributed by atoms with Crippen molar-refractivity contribution in [3.05, 3.63) is 21.9 Å². The maximum atomic E-state index is 5.98. The van der Waals surface area contributed by atoms with Crippen molar-refractivity contribution in [1.29, 1.82) is 0 Å². The van der Waals surface area contributed by atoms with Crippen LogP contribution in [0.5, 0.6) is 0 Å². The van der Waals surface area contributed by atoms with E-state index in [9.17, 15) is 0 Å². The summed E-state index contributed by atoms with van der Waals surface area (Å²) in [5, 5.41) is 5.77. The van der Waals surface area contributed by atoms with Crippen LogP contribution in [0.3, 0.4) is 0 Å². The second kappa shape index (κ2) is 4.86. The van der Waals surface area contributed by atoms with E-state index in [4.69, 9.17) is 4.74 Å². The van der Waals surface area contributed by atoms with E-state index in [1.165, 1.54) is 16.9 Å². The highest BCUT2D eigenvalue weighted by Crippen LogP contribution is 2.40. The summed E-state index contributed by atoms with van der Waals surface area (Å²) in [4.78, 5) is 1.44. The second-order valence-electron chi connectivity index (χ2n) is 4.72. The fraction of sp³-hybridized carbons (Fsp3) is 0.692. The Hall–Kier alpha value is -0.380. The quantitative estimate of drug-likeness (QED) is 0.870. The summed E-state index contributed by atoms with van der Waals surface area (Å²) >= 11 is 1.84. The zero-order valence-corrected chi connectivity index (χ0v) is 11.2. The van der Waals surface area contributed by atoms with E-state index in [2.05, 4.69) is 37.5 Å². The molecule has 90 valence electrons. The van der Waals surface area contributed by atoms with Gasteiger partial charge in [-0.25, -0.2) is 0 Å². The number of thiophene rings is 1. The summed E-state index contributed by atoms with van der Waals surface area (Å²) in [6, 6.07) is 2.54. The number of nitrogens with one attached hydrogen (secondary N) is 1. The van der Waals surface area contributed by atoms with Crippen molar-refractivity contribution < 1.29 is 4.74 Å². The minimum absolute atomic E-state index is 0.0222. The number of rotatable bonds is 4. The molecule has 0 amide bonds. The molecule has 2 heterocycles. The Morgan fingerprint density at radius 3 is 2.94 bits per heavy atom. The lowest BCUT2D eigenvalue weighted by Crippen LogP contribution is -2.41. The van der Waals surface area contributed by atoms with Crippen molar-refractivity contribution in [2.24, 2.45) is 0 Å². The minimum atomic E-state index is -0.0222. The number of likely N-dealkylation sites (N-methyl/N-ethyl adjacent to an activating group) is 1. The van der Waals surface area contributed by atoms with Gasteiger partial charge in [-0.05, 0) is 50.2 Å². The SMILES string of the molecule is CCNC(c1sccc1C)C1(C)CCCO1. The van der Waals surface area contributed by atoms with E-state index in [1.54, 1.807) is 0 Å². The summed E-state index contributed by atoms with van der Waals surface area (Å²) in [5.74, 6) is 0. The van der Waals surface area contributed by atoms with Crippen molar-refractivity contribution in [3.8, 4) is 0 Å². The minimum Gasteiger partial charge on any atom is -0.373 e. The summed E-state index contributed by atoms with van der Waals surface area (Å²) in [6.45, 7) is 8.49. The van der Waals surface area contributed by atoms with Crippen molar-refractivity contribution in [2.45, 2.75) is 45.3 Å². The van der Waals surface area contributed by atoms with Gasteiger partial charge in [0.2, 0.25) is 0 Å². The molecule has 2 rings (SSSR count). The molecule has 2 nitrogen and oxygen atoms in total. The van der Waals surface area contributed by atoms with Gasteiger partial charge in [-0.15, -0.1) is 11.3 Å². The molecule has 1 aliphatic rings. The molecule has 3 heteroatoms. The van der Waals surface area contributed by atoms with Gasteiger partial charge in [0.05, 0.1) is 11.6 Å². The average Bonchev–Trinajstić information content (AvgIpc) is 2.85. The Kier molecular flexibility index (Phi) is 3.67. The van der Waals surface area contributed by atoms with Crippen LogP contribution in [0, 0.1) is 6.92 Å². The predicted molar refractivity (Wildman–Crippen MR) is 69.1 cm³/mol. The molecule has 1 N–H and O–H groups in total. The highest BCUT2D eigenvalue weighted by Gasteiger charge is 2.39. The van der Waals surface area contributed by atoms with Gasteiger partial charge in [0, 0.05) is 11.5 Å². The first-order valence-corrected chi connectivity index (χ1v) is 6.96. The fourth-order valence-corrected chi connectivity index (χ4v) is 3.64. The number of ether oxygens (including phenoxy) is 1. The van der Waals surface area contributed by atoms with Crippen molar-refractivity contribution >= 4 is 11.3 Å². The van der Waals surface area contributed by atoms with E-state index in [-0.39, 0.29) is 5.60 Å². The molecule has 2 atom stereocenters. The van der Waals surface area contributed by atoms with Crippen molar-refractivity contribution in [3.63, 3.8) is 0 Å². The normalized spacial score (nSPS) is 27.2. The maximum Gasteiger partial charge on any atom is 0.0857 e. The lowest BCUT2D eigenvalue weighted by Gasteiger charge is -2.34. The van der Waals surface area contributed by atoms with E-state index in [0.717, 1.165) is 19.6 Å². The van der Waals surface area contributed by atoms with Crippen LogP contribution in [0.2, 0.25) is 0 Å². The lowest BCUT2D eigenvalue weighted by molar-refractivity contribution is -0.0112. The summed E-state index contributed by atoms with van der Waals surface area (Å²) in [7, 11) is 0. The van der Waals surface area contributed by atoms with Gasteiger partial charge in [0.15, 0.2) is 0 Å². The van der Waals surface area contributed by atoms with Gasteiger partial charge in [-0.2, -0.15) is 0 Å². The largest absolute Gasteiger partial charge is 0.373 e. The molecule has 0 saturated carbocycles. The summed E-state index contributed by atoms with van der Waals surface area (Å²) in [5.41, 5.74) is 1.36. The van der Waals surface area contributed by atoms with Gasteiger partial charge in [0.1, 0.15) is 0 Å². The highest BCUT2D eigenvalue weighted by molar-refractivity contribution is 7.10. The van der Waals surface area contributed by atoms with Gasteiger partial charge >= 0.3 is 0 Å². The highest BCUT2D eigenvalue weighted by atomic mass is 32.1. The molecular weight excluding hydrogens is 218 g/mol. The summed E-state index contributed by atoms with van der Waals surface area (Å²) in [6.07, 6.45) is 2.34. The van der Waals surface area contributed by atoms with Crippen LogP contribution in [-0.4, -0.2) is 18.8 Å². The third-order valence-electron chi connectivity index (χ3n) is 3.43. The van der Waals surface area contributed by atoms with E-state index >= 15 is 0 Å². The van der Waals surface area contributed by atoms with E-state index in [1.807, 2.05) is 11.3 Å². The van der Waals surface area contributed by atoms with Crippen LogP contribution in [0.1, 0.15) is 43.2 Å². The molecular formula is C13H21NOS. The van der Waals surface area contributed by atoms with E-state index < -0.39 is 0 Å². The molecule has 0 aliphatic carbocycles. The topological polar surface area (TPSA) is 21.3 Å². The Labute approximate surface area is 102 Å². The molecule has 0 spiro atoms. The third kappa shape index (κ3) is 2.17. The lowest BCUT2D eigenvalue weighted by atomic mass is 9.90. The van der Waals surface area contributed by atoms with Crippen LogP contribution >= 0.6 is 11.3 Å². The van der Waals surface area contributed by atoms with Gasteiger partial charge in [-0.1, -0.05) is 6.92 Å². The van der Waals surface area contributed by atoms with Crippen LogP contribution in [-0.2, 0) is 4.74 Å². The molecule has 1 aliphatic heterocycles. The molecule has 1 saturated heterocycles. The zero-order chi connectivity index (χ0) is 11.6. The summed E-state index contributed by atoms with van der Waals surface area (Å²) < 4.78 is 5.98. The Morgan fingerprint density at radius 2 is 2.44 bits per heavy atom. The monoisotopic (exact) mass is 239 g/mol. The Balaban J connectivity index is 2.26. The molecule has 1 fully saturated rings. The van der Waals surface area contributed by atoms with Crippen LogP contribution in [0.4, 0.5) is 0 Å². The van der Waals surface area contributed by atoms with Crippen LogP contribution < -0.4 is 5.32 Å². The molecule has 0 aromatic carbocycles. The standard InChI is InChI=1S/C13H21NOS/c1-4-14-12(11-10(2)6-9-16-11)13(3)7-5-8-15-13/h6,9,12,14H,4-5,7-8H2,1-3H3. The molecule has 16 heavy (non-hydrogen) atoms. The number of hydrogen-bond donors (Lipinski definition) is 1. The molecule has 1 aromatic heterocycles. The van der Waals surface area contributed by atoms with Crippen LogP contribution in [0.15, 0.2) is 11.4 Å². The number of hydrogen-bond acceptors (Lipinski definition) is 3. The maximum absolute atomic E-state index is 5.98. The molecule has 0 radical (unpaired) electrons. The van der Waals surface area contributed by atoms with E-state index in [0.29, 0.717) is 6.04 Å². The average molecular weight is 239 g/mol.